The van der Waals surface area contributed by atoms with Crippen LogP contribution >= 0.6 is 11.6 Å². The average Bonchev–Trinajstić information content (AvgIpc) is 3.49. The van der Waals surface area contributed by atoms with Crippen molar-refractivity contribution in [2.24, 2.45) is 0 Å². The molecule has 1 aliphatic heterocycles. The molecule has 12 heteroatoms. The number of aliphatic hydroxyl groups is 1. The van der Waals surface area contributed by atoms with Gasteiger partial charge in [-0.05, 0) is 42.0 Å². The number of carboxylic acid groups (broad SMARTS) is 1. The molecule has 0 spiro atoms. The summed E-state index contributed by atoms with van der Waals surface area (Å²) in [6.45, 7) is 0. The van der Waals surface area contributed by atoms with Gasteiger partial charge in [-0.3, -0.25) is 14.5 Å². The average molecular weight is 564 g/mol. The van der Waals surface area contributed by atoms with Crippen molar-refractivity contribution in [2.45, 2.75) is 6.04 Å². The van der Waals surface area contributed by atoms with E-state index in [9.17, 15) is 24.6 Å². The zero-order chi connectivity index (χ0) is 28.7. The molecule has 0 radical (unpaired) electrons. The molecule has 2 heterocycles. The Balaban J connectivity index is 1.75. The molecule has 3 aromatic carbocycles. The highest BCUT2D eigenvalue weighted by atomic mass is 35.5. The maximum atomic E-state index is 13.5. The van der Waals surface area contributed by atoms with Crippen molar-refractivity contribution < 1.29 is 38.8 Å². The molecule has 4 aromatic rings. The molecule has 1 atom stereocenters. The van der Waals surface area contributed by atoms with Gasteiger partial charge < -0.3 is 29.4 Å². The number of Topliss-reactive ketones (excluding diaryl/α,β-unsaturated/α-hetero) is 1. The topological polar surface area (TPSA) is 151 Å². The zero-order valence-electron chi connectivity index (χ0n) is 21.4. The summed E-state index contributed by atoms with van der Waals surface area (Å²) in [5, 5.41) is 21.1. The molecule has 0 aliphatic carbocycles. The number of hydrogen-bond acceptors (Lipinski definition) is 8. The molecule has 0 bridgehead atoms. The van der Waals surface area contributed by atoms with E-state index in [1.54, 1.807) is 24.3 Å². The lowest BCUT2D eigenvalue weighted by Crippen LogP contribution is -2.30. The second kappa shape index (κ2) is 10.3. The van der Waals surface area contributed by atoms with Gasteiger partial charge in [-0.25, -0.2) is 9.78 Å². The molecular formula is C28H22ClN3O8. The Morgan fingerprint density at radius 3 is 2.27 bits per heavy atom. The van der Waals surface area contributed by atoms with E-state index in [2.05, 4.69) is 9.97 Å². The number of aromatic nitrogens is 2. The monoisotopic (exact) mass is 563 g/mol. The van der Waals surface area contributed by atoms with Gasteiger partial charge >= 0.3 is 11.9 Å². The number of nitrogens with one attached hydrogen (secondary N) is 1. The number of hydrogen-bond donors (Lipinski definition) is 3. The van der Waals surface area contributed by atoms with Crippen LogP contribution in [0.4, 0.5) is 5.95 Å². The summed E-state index contributed by atoms with van der Waals surface area (Å²) in [6, 6.07) is 12.6. The van der Waals surface area contributed by atoms with Crippen molar-refractivity contribution >= 4 is 52.0 Å². The number of carboxylic acids is 1. The van der Waals surface area contributed by atoms with Gasteiger partial charge in [0.25, 0.3) is 5.78 Å². The van der Waals surface area contributed by atoms with Crippen molar-refractivity contribution in [2.75, 3.05) is 26.2 Å². The van der Waals surface area contributed by atoms with Crippen LogP contribution in [0.2, 0.25) is 5.02 Å². The van der Waals surface area contributed by atoms with Crippen molar-refractivity contribution in [3.8, 4) is 17.2 Å². The normalized spacial score (nSPS) is 16.4. The Morgan fingerprint density at radius 1 is 0.950 bits per heavy atom. The molecular weight excluding hydrogens is 542 g/mol. The summed E-state index contributed by atoms with van der Waals surface area (Å²) in [4.78, 5) is 47.0. The smallest absolute Gasteiger partial charge is 0.335 e. The number of aromatic carboxylic acids is 1. The highest BCUT2D eigenvalue weighted by Gasteiger charge is 2.48. The molecule has 5 rings (SSSR count). The number of fused-ring (bicyclic) bond motifs is 1. The van der Waals surface area contributed by atoms with Crippen LogP contribution < -0.4 is 19.1 Å². The number of H-pyrrole nitrogens is 1. The first-order valence-electron chi connectivity index (χ1n) is 11.8. The maximum absolute atomic E-state index is 13.5. The van der Waals surface area contributed by atoms with Gasteiger partial charge in [-0.2, -0.15) is 0 Å². The third kappa shape index (κ3) is 4.35. The number of carbonyl (C=O) groups excluding carboxylic acids is 2. The lowest BCUT2D eigenvalue weighted by atomic mass is 9.95. The number of methoxy groups -OCH3 is 3. The minimum Gasteiger partial charge on any atom is -0.507 e. The molecule has 1 amide bonds. The number of ketones is 1. The highest BCUT2D eigenvalue weighted by molar-refractivity contribution is 6.51. The van der Waals surface area contributed by atoms with Crippen molar-refractivity contribution in [1.82, 2.24) is 9.97 Å². The third-order valence-electron chi connectivity index (χ3n) is 6.55. The minimum absolute atomic E-state index is 0.0137. The number of aliphatic hydroxyl groups excluding tert-OH is 1. The minimum atomic E-state index is -1.14. The van der Waals surface area contributed by atoms with Gasteiger partial charge in [0.05, 0.1) is 60.1 Å². The van der Waals surface area contributed by atoms with Gasteiger partial charge in [0.1, 0.15) is 23.0 Å². The Hall–Kier alpha value is -5.03. The first-order valence-corrected chi connectivity index (χ1v) is 12.2. The van der Waals surface area contributed by atoms with Gasteiger partial charge in [-0.15, -0.1) is 0 Å². The van der Waals surface area contributed by atoms with Gasteiger partial charge in [0.15, 0.2) is 0 Å². The van der Waals surface area contributed by atoms with E-state index in [-0.39, 0.29) is 39.2 Å². The van der Waals surface area contributed by atoms with E-state index >= 15 is 0 Å². The van der Waals surface area contributed by atoms with Gasteiger partial charge in [0.2, 0.25) is 5.95 Å². The molecule has 204 valence electrons. The van der Waals surface area contributed by atoms with E-state index in [4.69, 9.17) is 25.8 Å². The second-order valence-electron chi connectivity index (χ2n) is 8.73. The number of halogens is 1. The van der Waals surface area contributed by atoms with E-state index < -0.39 is 29.5 Å². The number of imidazole rings is 1. The summed E-state index contributed by atoms with van der Waals surface area (Å²) in [5.74, 6) is -2.70. The van der Waals surface area contributed by atoms with Crippen LogP contribution in [0, 0.1) is 0 Å². The molecule has 1 aliphatic rings. The largest absolute Gasteiger partial charge is 0.507 e. The molecule has 40 heavy (non-hydrogen) atoms. The van der Waals surface area contributed by atoms with Crippen molar-refractivity contribution in [3.63, 3.8) is 0 Å². The fourth-order valence-electron chi connectivity index (χ4n) is 4.59. The first kappa shape index (κ1) is 26.6. The summed E-state index contributed by atoms with van der Waals surface area (Å²) < 4.78 is 15.9. The number of anilines is 1. The molecule has 1 fully saturated rings. The molecule has 11 nitrogen and oxygen atoms in total. The molecule has 1 aromatic heterocycles. The van der Waals surface area contributed by atoms with Gasteiger partial charge in [0, 0.05) is 6.07 Å². The standard InChI is InChI=1S/C28H22ClN3O8/c1-38-15-7-4-13(5-8-15)23-22(24(33)16-11-21(40-3)17(29)12-20(16)39-2)25(34)26(35)32(23)28-30-18-9-6-14(27(36)37)10-19(18)31-28/h4-12,23,33H,1-3H3,(H,30,31)(H,36,37)/b24-22+. The third-order valence-corrected chi connectivity index (χ3v) is 6.84. The predicted octanol–water partition coefficient (Wildman–Crippen LogP) is 4.57. The van der Waals surface area contributed by atoms with E-state index in [1.165, 1.54) is 51.7 Å². The van der Waals surface area contributed by atoms with Crippen LogP contribution in [-0.4, -0.2) is 59.2 Å². The Bertz CT molecular complexity index is 1710. The first-order chi connectivity index (χ1) is 19.2. The number of rotatable bonds is 7. The maximum Gasteiger partial charge on any atom is 0.335 e. The molecule has 1 saturated heterocycles. The van der Waals surface area contributed by atoms with E-state index in [1.807, 2.05) is 0 Å². The SMILES string of the molecule is COc1ccc(C2/C(=C(\O)c3cc(OC)c(Cl)cc3OC)C(=O)C(=O)N2c2nc3ccc(C(=O)O)cc3[nH]2)cc1. The lowest BCUT2D eigenvalue weighted by Gasteiger charge is -2.23. The van der Waals surface area contributed by atoms with Crippen molar-refractivity contribution in [1.29, 1.82) is 0 Å². The zero-order valence-corrected chi connectivity index (χ0v) is 22.1. The van der Waals surface area contributed by atoms with E-state index in [0.29, 0.717) is 22.3 Å². The Labute approximate surface area is 232 Å². The van der Waals surface area contributed by atoms with Gasteiger partial charge in [-0.1, -0.05) is 23.7 Å². The fraction of sp³-hybridized carbons (Fsp3) is 0.143. The number of aromatic amines is 1. The Kier molecular flexibility index (Phi) is 6.82. The number of nitrogens with zero attached hydrogens (tertiary/aromatic N) is 2. The van der Waals surface area contributed by atoms with Crippen LogP contribution in [-0.2, 0) is 9.59 Å². The number of amides is 1. The van der Waals surface area contributed by atoms with E-state index in [0.717, 1.165) is 4.90 Å². The molecule has 3 N–H and O–H groups in total. The number of ether oxygens (including phenoxy) is 3. The van der Waals surface area contributed by atoms with Crippen LogP contribution in [0.5, 0.6) is 17.2 Å². The predicted molar refractivity (Wildman–Crippen MR) is 145 cm³/mol. The number of benzene rings is 3. The second-order valence-corrected chi connectivity index (χ2v) is 9.13. The van der Waals surface area contributed by atoms with Crippen LogP contribution in [0.1, 0.15) is 27.5 Å². The van der Waals surface area contributed by atoms with Crippen LogP contribution in [0.3, 0.4) is 0 Å². The molecule has 1 unspecified atom stereocenters. The summed E-state index contributed by atoms with van der Waals surface area (Å²) in [5.41, 5.74) is 1.04. The number of carbonyl (C=O) groups is 3. The Morgan fingerprint density at radius 2 is 1.65 bits per heavy atom. The highest BCUT2D eigenvalue weighted by Crippen LogP contribution is 2.44. The summed E-state index contributed by atoms with van der Waals surface area (Å²) >= 11 is 6.23. The van der Waals surface area contributed by atoms with Crippen LogP contribution in [0.25, 0.3) is 16.8 Å². The van der Waals surface area contributed by atoms with Crippen molar-refractivity contribution in [3.05, 3.63) is 81.9 Å². The summed E-state index contributed by atoms with van der Waals surface area (Å²) in [7, 11) is 4.26. The lowest BCUT2D eigenvalue weighted by molar-refractivity contribution is -0.132. The fourth-order valence-corrected chi connectivity index (χ4v) is 4.82. The van der Waals surface area contributed by atoms with Crippen LogP contribution in [0.15, 0.2) is 60.2 Å². The summed E-state index contributed by atoms with van der Waals surface area (Å²) in [6.07, 6.45) is 0. The quantitative estimate of drug-likeness (QED) is 0.167. The molecule has 0 saturated carbocycles.